The molecule has 2 N–H and O–H groups in total. The van der Waals surface area contributed by atoms with E-state index in [1.807, 2.05) is 13.0 Å². The number of nitrogens with zero attached hydrogens (tertiary/aromatic N) is 1. The number of aromatic nitrogens is 1. The lowest BCUT2D eigenvalue weighted by molar-refractivity contribution is 0.0696. The normalized spacial score (nSPS) is 10.3. The number of aryl methyl sites for hydroxylation is 1. The van der Waals surface area contributed by atoms with Gasteiger partial charge in [-0.3, -0.25) is 4.98 Å². The Balaban J connectivity index is 2.60. The maximum atomic E-state index is 11.0. The highest BCUT2D eigenvalue weighted by atomic mass is 16.4. The number of carbonyl (C=O) groups is 1. The van der Waals surface area contributed by atoms with Gasteiger partial charge in [-0.1, -0.05) is 6.07 Å². The Morgan fingerprint density at radius 2 is 2.11 bits per heavy atom. The van der Waals surface area contributed by atoms with Crippen LogP contribution in [0.25, 0.3) is 11.1 Å². The van der Waals surface area contributed by atoms with E-state index >= 15 is 0 Å². The summed E-state index contributed by atoms with van der Waals surface area (Å²) in [6, 6.07) is 8.51. The van der Waals surface area contributed by atoms with Gasteiger partial charge in [-0.15, -0.1) is 0 Å². The van der Waals surface area contributed by atoms with Crippen LogP contribution < -0.4 is 0 Å². The summed E-state index contributed by atoms with van der Waals surface area (Å²) in [4.78, 5) is 15.2. The smallest absolute Gasteiger partial charge is 0.335 e. The first kappa shape index (κ1) is 12.3. The minimum absolute atomic E-state index is 0.166. The lowest BCUT2D eigenvalue weighted by Gasteiger charge is -2.08. The van der Waals surface area contributed by atoms with Crippen LogP contribution in [0, 0.1) is 6.92 Å². The molecule has 0 amide bonds. The molecule has 0 radical (unpaired) electrons. The Hall–Kier alpha value is -2.20. The molecule has 0 aliphatic carbocycles. The Morgan fingerprint density at radius 1 is 1.33 bits per heavy atom. The van der Waals surface area contributed by atoms with Crippen LogP contribution >= 0.6 is 0 Å². The third kappa shape index (κ3) is 2.38. The summed E-state index contributed by atoms with van der Waals surface area (Å²) in [7, 11) is 0. The molecule has 92 valence electrons. The summed E-state index contributed by atoms with van der Waals surface area (Å²) in [6.07, 6.45) is 1.69. The van der Waals surface area contributed by atoms with Crippen molar-refractivity contribution in [2.24, 2.45) is 0 Å². The van der Waals surface area contributed by atoms with Crippen LogP contribution in [0.5, 0.6) is 0 Å². The number of pyridine rings is 1. The average Bonchev–Trinajstić information content (AvgIpc) is 2.38. The van der Waals surface area contributed by atoms with Crippen LogP contribution in [0.15, 0.2) is 36.5 Å². The molecule has 18 heavy (non-hydrogen) atoms. The number of hydrogen-bond donors (Lipinski definition) is 2. The standard InChI is InChI=1S/C14H13NO3/c1-9-13(3-2-4-15-9)11-5-10(8-16)6-12(7-11)14(17)18/h2-7,16H,8H2,1H3,(H,17,18). The quantitative estimate of drug-likeness (QED) is 0.867. The summed E-state index contributed by atoms with van der Waals surface area (Å²) >= 11 is 0. The van der Waals surface area contributed by atoms with Gasteiger partial charge in [0.1, 0.15) is 0 Å². The maximum Gasteiger partial charge on any atom is 0.335 e. The fourth-order valence-corrected chi connectivity index (χ4v) is 1.85. The van der Waals surface area contributed by atoms with Crippen molar-refractivity contribution in [3.05, 3.63) is 53.3 Å². The van der Waals surface area contributed by atoms with Crippen LogP contribution in [0.1, 0.15) is 21.6 Å². The Morgan fingerprint density at radius 3 is 2.72 bits per heavy atom. The van der Waals surface area contributed by atoms with E-state index in [0.717, 1.165) is 16.8 Å². The number of aromatic carboxylic acids is 1. The first-order valence-electron chi connectivity index (χ1n) is 5.52. The number of hydrogen-bond acceptors (Lipinski definition) is 3. The van der Waals surface area contributed by atoms with Gasteiger partial charge in [0.15, 0.2) is 0 Å². The second-order valence-electron chi connectivity index (χ2n) is 4.02. The molecule has 1 aromatic carbocycles. The third-order valence-electron chi connectivity index (χ3n) is 2.74. The largest absolute Gasteiger partial charge is 0.478 e. The van der Waals surface area contributed by atoms with Crippen LogP contribution in [-0.4, -0.2) is 21.2 Å². The van der Waals surface area contributed by atoms with Gasteiger partial charge in [-0.2, -0.15) is 0 Å². The number of rotatable bonds is 3. The first-order chi connectivity index (χ1) is 8.61. The van der Waals surface area contributed by atoms with Gasteiger partial charge in [-0.25, -0.2) is 4.79 Å². The molecule has 0 saturated carbocycles. The zero-order valence-electron chi connectivity index (χ0n) is 9.92. The molecule has 1 heterocycles. The van der Waals surface area contributed by atoms with E-state index in [1.54, 1.807) is 24.4 Å². The summed E-state index contributed by atoms with van der Waals surface area (Å²) in [5.74, 6) is -1.01. The number of carboxylic acid groups (broad SMARTS) is 1. The van der Waals surface area contributed by atoms with E-state index < -0.39 is 5.97 Å². The predicted octanol–water partition coefficient (Wildman–Crippen LogP) is 2.25. The average molecular weight is 243 g/mol. The summed E-state index contributed by atoms with van der Waals surface area (Å²) in [6.45, 7) is 1.68. The molecule has 4 nitrogen and oxygen atoms in total. The Labute approximate surface area is 105 Å². The summed E-state index contributed by atoms with van der Waals surface area (Å²) in [5, 5.41) is 18.2. The molecule has 0 bridgehead atoms. The van der Waals surface area contributed by atoms with E-state index in [4.69, 9.17) is 5.11 Å². The maximum absolute atomic E-state index is 11.0. The van der Waals surface area contributed by atoms with Crippen molar-refractivity contribution >= 4 is 5.97 Å². The highest BCUT2D eigenvalue weighted by Gasteiger charge is 2.09. The van der Waals surface area contributed by atoms with Crippen molar-refractivity contribution in [3.8, 4) is 11.1 Å². The lowest BCUT2D eigenvalue weighted by Crippen LogP contribution is -1.99. The summed E-state index contributed by atoms with van der Waals surface area (Å²) in [5.41, 5.74) is 3.19. The first-order valence-corrected chi connectivity index (χ1v) is 5.52. The molecule has 0 spiro atoms. The molecule has 0 aliphatic rings. The highest BCUT2D eigenvalue weighted by molar-refractivity contribution is 5.90. The molecule has 0 fully saturated rings. The molecule has 2 rings (SSSR count). The van der Waals surface area contributed by atoms with Crippen molar-refractivity contribution in [2.75, 3.05) is 0 Å². The Bertz CT molecular complexity index is 593. The van der Waals surface area contributed by atoms with Crippen molar-refractivity contribution in [2.45, 2.75) is 13.5 Å². The highest BCUT2D eigenvalue weighted by Crippen LogP contribution is 2.24. The molecular weight excluding hydrogens is 230 g/mol. The third-order valence-corrected chi connectivity index (χ3v) is 2.74. The molecule has 0 saturated heterocycles. The van der Waals surface area contributed by atoms with Crippen molar-refractivity contribution in [1.82, 2.24) is 4.98 Å². The van der Waals surface area contributed by atoms with Crippen molar-refractivity contribution in [1.29, 1.82) is 0 Å². The van der Waals surface area contributed by atoms with Crippen LogP contribution in [0.4, 0.5) is 0 Å². The number of aliphatic hydroxyl groups excluding tert-OH is 1. The van der Waals surface area contributed by atoms with Crippen LogP contribution in [-0.2, 0) is 6.61 Å². The number of benzene rings is 1. The number of aliphatic hydroxyl groups is 1. The zero-order valence-corrected chi connectivity index (χ0v) is 9.92. The molecule has 4 heteroatoms. The topological polar surface area (TPSA) is 70.4 Å². The summed E-state index contributed by atoms with van der Waals surface area (Å²) < 4.78 is 0. The van der Waals surface area contributed by atoms with Crippen LogP contribution in [0.2, 0.25) is 0 Å². The van der Waals surface area contributed by atoms with Gasteiger partial charge < -0.3 is 10.2 Å². The molecule has 0 atom stereocenters. The van der Waals surface area contributed by atoms with Crippen LogP contribution in [0.3, 0.4) is 0 Å². The molecule has 1 aromatic heterocycles. The second-order valence-corrected chi connectivity index (χ2v) is 4.02. The number of carboxylic acids is 1. The minimum Gasteiger partial charge on any atom is -0.478 e. The monoisotopic (exact) mass is 243 g/mol. The van der Waals surface area contributed by atoms with Gasteiger partial charge in [0.2, 0.25) is 0 Å². The van der Waals surface area contributed by atoms with E-state index in [0.29, 0.717) is 5.56 Å². The van der Waals surface area contributed by atoms with Gasteiger partial charge in [-0.05, 0) is 42.3 Å². The molecule has 2 aromatic rings. The lowest BCUT2D eigenvalue weighted by atomic mass is 9.99. The van der Waals surface area contributed by atoms with Crippen molar-refractivity contribution < 1.29 is 15.0 Å². The molecule has 0 unspecified atom stereocenters. The van der Waals surface area contributed by atoms with Gasteiger partial charge in [0, 0.05) is 17.5 Å². The van der Waals surface area contributed by atoms with E-state index in [1.165, 1.54) is 6.07 Å². The van der Waals surface area contributed by atoms with Gasteiger partial charge in [0.25, 0.3) is 0 Å². The SMILES string of the molecule is Cc1ncccc1-c1cc(CO)cc(C(=O)O)c1. The fourth-order valence-electron chi connectivity index (χ4n) is 1.85. The molecular formula is C14H13NO3. The van der Waals surface area contributed by atoms with Gasteiger partial charge >= 0.3 is 5.97 Å². The van der Waals surface area contributed by atoms with Gasteiger partial charge in [0.05, 0.1) is 12.2 Å². The van der Waals surface area contributed by atoms with E-state index in [-0.39, 0.29) is 12.2 Å². The molecule has 0 aliphatic heterocycles. The zero-order chi connectivity index (χ0) is 13.1. The van der Waals surface area contributed by atoms with Crippen molar-refractivity contribution in [3.63, 3.8) is 0 Å². The predicted molar refractivity (Wildman–Crippen MR) is 67.3 cm³/mol. The van der Waals surface area contributed by atoms with E-state index in [2.05, 4.69) is 4.98 Å². The second kappa shape index (κ2) is 4.98. The minimum atomic E-state index is -1.01. The Kier molecular flexibility index (Phi) is 3.39. The van der Waals surface area contributed by atoms with E-state index in [9.17, 15) is 9.90 Å². The fraction of sp³-hybridized carbons (Fsp3) is 0.143.